The number of rotatable bonds is 4. The van der Waals surface area contributed by atoms with E-state index >= 15 is 0 Å². The maximum atomic E-state index is 9.77. The molecule has 0 aliphatic heterocycles. The third-order valence-corrected chi connectivity index (χ3v) is 2.69. The molecule has 0 aliphatic carbocycles. The Morgan fingerprint density at radius 1 is 1.40 bits per heavy atom. The second-order valence-electron chi connectivity index (χ2n) is 5.13. The molecule has 2 rings (SSSR count). The molecule has 0 saturated heterocycles. The molecule has 2 aromatic heterocycles. The van der Waals surface area contributed by atoms with Crippen LogP contribution in [0.15, 0.2) is 24.7 Å². The van der Waals surface area contributed by atoms with Gasteiger partial charge in [-0.15, -0.1) is 0 Å². The number of hydrogen-bond donors (Lipinski definition) is 1. The lowest BCUT2D eigenvalue weighted by molar-refractivity contribution is 0.0577. The Morgan fingerprint density at radius 3 is 2.75 bits per heavy atom. The van der Waals surface area contributed by atoms with E-state index in [2.05, 4.69) is 10.1 Å². The lowest BCUT2D eigenvalue weighted by Gasteiger charge is -2.16. The maximum Gasteiger partial charge on any atom is 0.182 e. The number of aliphatic hydroxyl groups is 1. The standard InChI is InChI=1S/C14H16N4O2/c1-14(2,19)9-18-8-11(7-17-18)10-4-13(20-3)12(5-15)16-6-10/h4,6-8,19H,9H2,1-3H3. The SMILES string of the molecule is COc1cc(-c2cnn(CC(C)(C)O)c2)cnc1C#N. The van der Waals surface area contributed by atoms with Crippen molar-refractivity contribution in [2.24, 2.45) is 0 Å². The Morgan fingerprint density at radius 2 is 2.15 bits per heavy atom. The van der Waals surface area contributed by atoms with Crippen LogP contribution in [0.25, 0.3) is 11.1 Å². The van der Waals surface area contributed by atoms with Gasteiger partial charge < -0.3 is 9.84 Å². The molecule has 2 aromatic rings. The number of hydrogen-bond acceptors (Lipinski definition) is 5. The van der Waals surface area contributed by atoms with Crippen molar-refractivity contribution < 1.29 is 9.84 Å². The van der Waals surface area contributed by atoms with Gasteiger partial charge in [0.15, 0.2) is 11.4 Å². The molecule has 0 bridgehead atoms. The zero-order valence-corrected chi connectivity index (χ0v) is 11.7. The molecule has 0 atom stereocenters. The van der Waals surface area contributed by atoms with E-state index in [1.807, 2.05) is 12.3 Å². The first-order valence-corrected chi connectivity index (χ1v) is 6.12. The van der Waals surface area contributed by atoms with Gasteiger partial charge in [0.25, 0.3) is 0 Å². The number of nitriles is 1. The first-order chi connectivity index (χ1) is 9.43. The maximum absolute atomic E-state index is 9.77. The zero-order valence-electron chi connectivity index (χ0n) is 11.7. The van der Waals surface area contributed by atoms with Crippen molar-refractivity contribution in [2.75, 3.05) is 7.11 Å². The molecular formula is C14H16N4O2. The number of ether oxygens (including phenoxy) is 1. The van der Waals surface area contributed by atoms with Gasteiger partial charge in [0.2, 0.25) is 0 Å². The van der Waals surface area contributed by atoms with E-state index in [9.17, 15) is 5.11 Å². The van der Waals surface area contributed by atoms with Gasteiger partial charge >= 0.3 is 0 Å². The van der Waals surface area contributed by atoms with Crippen molar-refractivity contribution in [2.45, 2.75) is 26.0 Å². The summed E-state index contributed by atoms with van der Waals surface area (Å²) in [7, 11) is 1.50. The molecule has 6 nitrogen and oxygen atoms in total. The van der Waals surface area contributed by atoms with Gasteiger partial charge in [0.05, 0.1) is 25.5 Å². The Bertz CT molecular complexity index is 650. The van der Waals surface area contributed by atoms with Crippen molar-refractivity contribution in [3.8, 4) is 22.9 Å². The number of methoxy groups -OCH3 is 1. The number of aromatic nitrogens is 3. The lowest BCUT2D eigenvalue weighted by atomic mass is 10.1. The highest BCUT2D eigenvalue weighted by molar-refractivity contribution is 5.63. The molecule has 0 aromatic carbocycles. The van der Waals surface area contributed by atoms with E-state index in [4.69, 9.17) is 10.00 Å². The predicted molar refractivity (Wildman–Crippen MR) is 73.0 cm³/mol. The summed E-state index contributed by atoms with van der Waals surface area (Å²) in [6.07, 6.45) is 5.11. The van der Waals surface area contributed by atoms with Crippen LogP contribution in [0, 0.1) is 11.3 Å². The van der Waals surface area contributed by atoms with Gasteiger partial charge in [-0.2, -0.15) is 10.4 Å². The summed E-state index contributed by atoms with van der Waals surface area (Å²) in [6, 6.07) is 3.72. The minimum absolute atomic E-state index is 0.250. The minimum Gasteiger partial charge on any atom is -0.494 e. The first kappa shape index (κ1) is 14.0. The van der Waals surface area contributed by atoms with Crippen LogP contribution < -0.4 is 4.74 Å². The molecule has 0 aliphatic rings. The van der Waals surface area contributed by atoms with Crippen LogP contribution in [0.3, 0.4) is 0 Å². The Labute approximate surface area is 117 Å². The largest absolute Gasteiger partial charge is 0.494 e. The molecular weight excluding hydrogens is 256 g/mol. The molecule has 1 N–H and O–H groups in total. The van der Waals surface area contributed by atoms with Gasteiger partial charge in [0.1, 0.15) is 6.07 Å². The molecule has 0 fully saturated rings. The van der Waals surface area contributed by atoms with Crippen LogP contribution in [0.5, 0.6) is 5.75 Å². The van der Waals surface area contributed by atoms with Gasteiger partial charge in [-0.05, 0) is 19.9 Å². The summed E-state index contributed by atoms with van der Waals surface area (Å²) < 4.78 is 6.80. The molecule has 0 radical (unpaired) electrons. The van der Waals surface area contributed by atoms with E-state index in [0.29, 0.717) is 12.3 Å². The summed E-state index contributed by atoms with van der Waals surface area (Å²) in [4.78, 5) is 4.06. The third-order valence-electron chi connectivity index (χ3n) is 2.69. The molecule has 6 heteroatoms. The zero-order chi connectivity index (χ0) is 14.8. The summed E-state index contributed by atoms with van der Waals surface area (Å²) in [6.45, 7) is 3.84. The van der Waals surface area contributed by atoms with Crippen molar-refractivity contribution in [1.29, 1.82) is 5.26 Å². The Balaban J connectivity index is 2.31. The molecule has 20 heavy (non-hydrogen) atoms. The van der Waals surface area contributed by atoms with E-state index < -0.39 is 5.60 Å². The highest BCUT2D eigenvalue weighted by Gasteiger charge is 2.15. The summed E-state index contributed by atoms with van der Waals surface area (Å²) >= 11 is 0. The van der Waals surface area contributed by atoms with Gasteiger partial charge in [-0.1, -0.05) is 0 Å². The smallest absolute Gasteiger partial charge is 0.182 e. The van der Waals surface area contributed by atoms with Crippen LogP contribution in [-0.2, 0) is 6.54 Å². The molecule has 0 saturated carbocycles. The predicted octanol–water partition coefficient (Wildman–Crippen LogP) is 1.60. The third kappa shape index (κ3) is 3.13. The minimum atomic E-state index is -0.829. The molecule has 0 amide bonds. The van der Waals surface area contributed by atoms with E-state index in [1.165, 1.54) is 7.11 Å². The number of pyridine rings is 1. The van der Waals surface area contributed by atoms with Crippen LogP contribution >= 0.6 is 0 Å². The van der Waals surface area contributed by atoms with Crippen molar-refractivity contribution in [1.82, 2.24) is 14.8 Å². The monoisotopic (exact) mass is 272 g/mol. The fourth-order valence-corrected chi connectivity index (χ4v) is 1.84. The number of nitrogens with zero attached hydrogens (tertiary/aromatic N) is 4. The topological polar surface area (TPSA) is 84.0 Å². The van der Waals surface area contributed by atoms with Crippen molar-refractivity contribution in [3.05, 3.63) is 30.4 Å². The van der Waals surface area contributed by atoms with Crippen LogP contribution in [0.4, 0.5) is 0 Å². The van der Waals surface area contributed by atoms with Crippen LogP contribution in [0.1, 0.15) is 19.5 Å². The van der Waals surface area contributed by atoms with Gasteiger partial charge in [-0.25, -0.2) is 4.98 Å². The second kappa shape index (κ2) is 5.31. The average molecular weight is 272 g/mol. The van der Waals surface area contributed by atoms with E-state index in [-0.39, 0.29) is 5.69 Å². The highest BCUT2D eigenvalue weighted by atomic mass is 16.5. The average Bonchev–Trinajstić information content (AvgIpc) is 2.84. The van der Waals surface area contributed by atoms with Crippen LogP contribution in [-0.4, -0.2) is 32.6 Å². The molecule has 0 spiro atoms. The Kier molecular flexibility index (Phi) is 3.72. The van der Waals surface area contributed by atoms with Crippen molar-refractivity contribution in [3.63, 3.8) is 0 Å². The lowest BCUT2D eigenvalue weighted by Crippen LogP contribution is -2.26. The van der Waals surface area contributed by atoms with Crippen molar-refractivity contribution >= 4 is 0 Å². The van der Waals surface area contributed by atoms with E-state index in [1.54, 1.807) is 37.0 Å². The van der Waals surface area contributed by atoms with E-state index in [0.717, 1.165) is 11.1 Å². The summed E-state index contributed by atoms with van der Waals surface area (Å²) in [5.74, 6) is 0.431. The molecule has 0 unspecified atom stereocenters. The van der Waals surface area contributed by atoms with Gasteiger partial charge in [0, 0.05) is 23.5 Å². The molecule has 2 heterocycles. The van der Waals surface area contributed by atoms with Crippen LogP contribution in [0.2, 0.25) is 0 Å². The fraction of sp³-hybridized carbons (Fsp3) is 0.357. The molecule has 104 valence electrons. The quantitative estimate of drug-likeness (QED) is 0.913. The normalized spacial score (nSPS) is 11.2. The first-order valence-electron chi connectivity index (χ1n) is 6.12. The second-order valence-corrected chi connectivity index (χ2v) is 5.13. The Hall–Kier alpha value is -2.39. The summed E-state index contributed by atoms with van der Waals surface area (Å²) in [5, 5.41) is 22.9. The fourth-order valence-electron chi connectivity index (χ4n) is 1.84. The van der Waals surface area contributed by atoms with Gasteiger partial charge in [-0.3, -0.25) is 4.68 Å². The highest BCUT2D eigenvalue weighted by Crippen LogP contribution is 2.25. The summed E-state index contributed by atoms with van der Waals surface area (Å²) in [5.41, 5.74) is 1.08.